The first kappa shape index (κ1) is 15.4. The van der Waals surface area contributed by atoms with Gasteiger partial charge in [0.2, 0.25) is 5.89 Å². The molecule has 2 aromatic rings. The van der Waals surface area contributed by atoms with Crippen LogP contribution in [0.1, 0.15) is 37.0 Å². The molecule has 0 saturated carbocycles. The predicted octanol–water partition coefficient (Wildman–Crippen LogP) is 2.63. The molecule has 0 radical (unpaired) electrons. The van der Waals surface area contributed by atoms with Gasteiger partial charge in [-0.2, -0.15) is 10.2 Å². The Kier molecular flexibility index (Phi) is 4.68. The third-order valence-corrected chi connectivity index (χ3v) is 2.98. The fourth-order valence-electron chi connectivity index (χ4n) is 1.81. The highest BCUT2D eigenvalue weighted by atomic mass is 16.6. The molecule has 0 atom stereocenters. The van der Waals surface area contributed by atoms with Crippen molar-refractivity contribution in [3.63, 3.8) is 0 Å². The predicted molar refractivity (Wildman–Crippen MR) is 78.4 cm³/mol. The number of nitrogens with zero attached hydrogens (tertiary/aromatic N) is 4. The smallest absolute Gasteiger partial charge is 0.293 e. The highest BCUT2D eigenvalue weighted by Crippen LogP contribution is 2.25. The van der Waals surface area contributed by atoms with Crippen LogP contribution in [0.25, 0.3) is 0 Å². The van der Waals surface area contributed by atoms with Gasteiger partial charge < -0.3 is 9.84 Å². The van der Waals surface area contributed by atoms with Gasteiger partial charge in [0.15, 0.2) is 5.82 Å². The standard InChI is InChI=1S/C14H15N5O3/c1-9(2)14-17-13(22-18-14)5-6-16-11-4-3-10(8-15)7-12(11)19(20)21/h3-4,7,9,16H,5-6H2,1-2H3. The lowest BCUT2D eigenvalue weighted by atomic mass is 10.2. The SMILES string of the molecule is CC(C)c1noc(CCNc2ccc(C#N)cc2[N+](=O)[O-])n1. The van der Waals surface area contributed by atoms with Crippen LogP contribution in [-0.2, 0) is 6.42 Å². The van der Waals surface area contributed by atoms with Crippen LogP contribution >= 0.6 is 0 Å². The molecule has 114 valence electrons. The molecule has 1 aromatic heterocycles. The number of anilines is 1. The Labute approximate surface area is 126 Å². The van der Waals surface area contributed by atoms with Gasteiger partial charge in [0.25, 0.3) is 5.69 Å². The van der Waals surface area contributed by atoms with E-state index >= 15 is 0 Å². The molecule has 0 aliphatic carbocycles. The van der Waals surface area contributed by atoms with E-state index in [1.807, 2.05) is 19.9 Å². The van der Waals surface area contributed by atoms with Crippen molar-refractivity contribution in [2.45, 2.75) is 26.2 Å². The van der Waals surface area contributed by atoms with E-state index in [0.29, 0.717) is 30.4 Å². The minimum atomic E-state index is -0.521. The van der Waals surface area contributed by atoms with Gasteiger partial charge in [-0.15, -0.1) is 0 Å². The number of benzene rings is 1. The normalized spacial score (nSPS) is 10.5. The highest BCUT2D eigenvalue weighted by molar-refractivity contribution is 5.64. The number of hydrogen-bond acceptors (Lipinski definition) is 7. The minimum Gasteiger partial charge on any atom is -0.379 e. The number of nitro groups is 1. The van der Waals surface area contributed by atoms with Crippen LogP contribution in [0, 0.1) is 21.4 Å². The Morgan fingerprint density at radius 1 is 1.50 bits per heavy atom. The average molecular weight is 301 g/mol. The third kappa shape index (κ3) is 3.58. The van der Waals surface area contributed by atoms with Crippen molar-refractivity contribution in [2.75, 3.05) is 11.9 Å². The summed E-state index contributed by atoms with van der Waals surface area (Å²) >= 11 is 0. The molecule has 0 aliphatic heterocycles. The largest absolute Gasteiger partial charge is 0.379 e. The fraction of sp³-hybridized carbons (Fsp3) is 0.357. The molecule has 0 bridgehead atoms. The first-order valence-electron chi connectivity index (χ1n) is 6.76. The molecule has 0 unspecified atom stereocenters. The van der Waals surface area contributed by atoms with Crippen LogP contribution in [0.5, 0.6) is 0 Å². The van der Waals surface area contributed by atoms with Gasteiger partial charge in [-0.05, 0) is 12.1 Å². The summed E-state index contributed by atoms with van der Waals surface area (Å²) in [6, 6.07) is 6.17. The number of rotatable bonds is 6. The molecule has 0 amide bonds. The lowest BCUT2D eigenvalue weighted by Gasteiger charge is -2.05. The molecular weight excluding hydrogens is 286 g/mol. The van der Waals surface area contributed by atoms with Gasteiger partial charge in [-0.25, -0.2) is 0 Å². The van der Waals surface area contributed by atoms with Crippen LogP contribution in [-0.4, -0.2) is 21.6 Å². The second-order valence-corrected chi connectivity index (χ2v) is 4.98. The molecule has 8 nitrogen and oxygen atoms in total. The average Bonchev–Trinajstić information content (AvgIpc) is 2.96. The van der Waals surface area contributed by atoms with E-state index in [9.17, 15) is 10.1 Å². The summed E-state index contributed by atoms with van der Waals surface area (Å²) in [5.74, 6) is 1.30. The molecule has 0 aliphatic rings. The zero-order valence-electron chi connectivity index (χ0n) is 12.2. The third-order valence-electron chi connectivity index (χ3n) is 2.98. The summed E-state index contributed by atoms with van der Waals surface area (Å²) in [5, 5.41) is 26.6. The lowest BCUT2D eigenvalue weighted by Crippen LogP contribution is -2.07. The molecule has 22 heavy (non-hydrogen) atoms. The zero-order valence-corrected chi connectivity index (χ0v) is 12.2. The van der Waals surface area contributed by atoms with E-state index in [1.165, 1.54) is 18.2 Å². The first-order chi connectivity index (χ1) is 10.5. The van der Waals surface area contributed by atoms with Crippen LogP contribution < -0.4 is 5.32 Å². The van der Waals surface area contributed by atoms with Gasteiger partial charge in [0.1, 0.15) is 5.69 Å². The Bertz CT molecular complexity index is 718. The Hall–Kier alpha value is -2.95. The zero-order chi connectivity index (χ0) is 16.1. The molecule has 0 fully saturated rings. The van der Waals surface area contributed by atoms with Gasteiger partial charge >= 0.3 is 0 Å². The fourth-order valence-corrected chi connectivity index (χ4v) is 1.81. The van der Waals surface area contributed by atoms with Crippen LogP contribution in [0.15, 0.2) is 22.7 Å². The maximum Gasteiger partial charge on any atom is 0.293 e. The highest BCUT2D eigenvalue weighted by Gasteiger charge is 2.15. The van der Waals surface area contributed by atoms with E-state index in [-0.39, 0.29) is 17.2 Å². The maximum absolute atomic E-state index is 11.0. The van der Waals surface area contributed by atoms with Crippen LogP contribution in [0.3, 0.4) is 0 Å². The molecule has 0 spiro atoms. The molecule has 0 saturated heterocycles. The van der Waals surface area contributed by atoms with Crippen molar-refractivity contribution < 1.29 is 9.45 Å². The summed E-state index contributed by atoms with van der Waals surface area (Å²) in [5.41, 5.74) is 0.468. The summed E-state index contributed by atoms with van der Waals surface area (Å²) in [7, 11) is 0. The topological polar surface area (TPSA) is 118 Å². The second kappa shape index (κ2) is 6.67. The van der Waals surface area contributed by atoms with Crippen molar-refractivity contribution in [1.82, 2.24) is 10.1 Å². The monoisotopic (exact) mass is 301 g/mol. The number of nitrogens with one attached hydrogen (secondary N) is 1. The van der Waals surface area contributed by atoms with Crippen LogP contribution in [0.2, 0.25) is 0 Å². The molecule has 2 rings (SSSR count). The van der Waals surface area contributed by atoms with Crippen molar-refractivity contribution in [3.8, 4) is 6.07 Å². The van der Waals surface area contributed by atoms with Crippen molar-refractivity contribution >= 4 is 11.4 Å². The quantitative estimate of drug-likeness (QED) is 0.643. The van der Waals surface area contributed by atoms with Gasteiger partial charge in [-0.1, -0.05) is 19.0 Å². The lowest BCUT2D eigenvalue weighted by molar-refractivity contribution is -0.384. The molecule has 8 heteroatoms. The van der Waals surface area contributed by atoms with E-state index < -0.39 is 4.92 Å². The van der Waals surface area contributed by atoms with Crippen molar-refractivity contribution in [3.05, 3.63) is 45.6 Å². The maximum atomic E-state index is 11.0. The number of aromatic nitrogens is 2. The number of nitro benzene ring substituents is 1. The first-order valence-corrected chi connectivity index (χ1v) is 6.76. The second-order valence-electron chi connectivity index (χ2n) is 4.98. The minimum absolute atomic E-state index is 0.132. The Morgan fingerprint density at radius 2 is 2.27 bits per heavy atom. The van der Waals surface area contributed by atoms with Crippen LogP contribution in [0.4, 0.5) is 11.4 Å². The number of hydrogen-bond donors (Lipinski definition) is 1. The van der Waals surface area contributed by atoms with Crippen molar-refractivity contribution in [2.24, 2.45) is 0 Å². The molecule has 1 aromatic carbocycles. The van der Waals surface area contributed by atoms with E-state index in [1.54, 1.807) is 0 Å². The Morgan fingerprint density at radius 3 is 2.86 bits per heavy atom. The van der Waals surface area contributed by atoms with Gasteiger partial charge in [-0.3, -0.25) is 10.1 Å². The molecule has 1 heterocycles. The number of nitriles is 1. The van der Waals surface area contributed by atoms with Gasteiger partial charge in [0.05, 0.1) is 16.6 Å². The summed E-state index contributed by atoms with van der Waals surface area (Å²) in [6.45, 7) is 4.34. The van der Waals surface area contributed by atoms with E-state index in [0.717, 1.165) is 0 Å². The molecular formula is C14H15N5O3. The Balaban J connectivity index is 2.02. The van der Waals surface area contributed by atoms with E-state index in [2.05, 4.69) is 15.5 Å². The van der Waals surface area contributed by atoms with E-state index in [4.69, 9.17) is 9.78 Å². The summed E-state index contributed by atoms with van der Waals surface area (Å²) in [4.78, 5) is 14.7. The summed E-state index contributed by atoms with van der Waals surface area (Å²) in [6.07, 6.45) is 0.455. The van der Waals surface area contributed by atoms with Gasteiger partial charge in [0, 0.05) is 24.9 Å². The summed E-state index contributed by atoms with van der Waals surface area (Å²) < 4.78 is 5.10. The molecule has 1 N–H and O–H groups in total. The van der Waals surface area contributed by atoms with Crippen molar-refractivity contribution in [1.29, 1.82) is 5.26 Å².